The molecule has 1 aromatic carbocycles. The Morgan fingerprint density at radius 2 is 2.28 bits per heavy atom. The van der Waals surface area contributed by atoms with E-state index < -0.39 is 4.92 Å². The highest BCUT2D eigenvalue weighted by atomic mass is 16.6. The number of nitrogens with two attached hydrogens (primary N) is 1. The largest absolute Gasteiger partial charge is 0.330 e. The van der Waals surface area contributed by atoms with Crippen molar-refractivity contribution in [2.45, 2.75) is 19.8 Å². The molecule has 1 aromatic rings. The first-order valence-corrected chi connectivity index (χ1v) is 5.77. The van der Waals surface area contributed by atoms with Gasteiger partial charge >= 0.3 is 0 Å². The van der Waals surface area contributed by atoms with Gasteiger partial charge in [0.15, 0.2) is 0 Å². The summed E-state index contributed by atoms with van der Waals surface area (Å²) in [6, 6.07) is 5.88. The molecule has 18 heavy (non-hydrogen) atoms. The highest BCUT2D eigenvalue weighted by molar-refractivity contribution is 5.90. The fourth-order valence-electron chi connectivity index (χ4n) is 1.42. The van der Waals surface area contributed by atoms with Crippen LogP contribution in [-0.4, -0.2) is 17.4 Å². The van der Waals surface area contributed by atoms with E-state index in [4.69, 9.17) is 5.73 Å². The number of carbonyl (C=O) groups excluding carboxylic acids is 1. The second-order valence-corrected chi connectivity index (χ2v) is 4.24. The number of nitrogens with one attached hydrogen (secondary N) is 1. The molecule has 0 fully saturated rings. The fourth-order valence-corrected chi connectivity index (χ4v) is 1.42. The maximum Gasteiger partial charge on any atom is 0.271 e. The number of non-ortho nitro benzene ring substituents is 1. The SMILES string of the molecule is CC(CN)CCC(=O)Nc1cccc([N+](=O)[O-])c1. The van der Waals surface area contributed by atoms with Crippen molar-refractivity contribution in [2.75, 3.05) is 11.9 Å². The number of carbonyl (C=O) groups is 1. The van der Waals surface area contributed by atoms with E-state index in [0.29, 0.717) is 31.0 Å². The third-order valence-corrected chi connectivity index (χ3v) is 2.61. The van der Waals surface area contributed by atoms with Gasteiger partial charge in [-0.05, 0) is 24.9 Å². The molecule has 0 saturated carbocycles. The molecule has 0 bridgehead atoms. The highest BCUT2D eigenvalue weighted by Crippen LogP contribution is 2.17. The highest BCUT2D eigenvalue weighted by Gasteiger charge is 2.09. The van der Waals surface area contributed by atoms with Crippen molar-refractivity contribution in [3.8, 4) is 0 Å². The third-order valence-electron chi connectivity index (χ3n) is 2.61. The van der Waals surface area contributed by atoms with E-state index in [1.807, 2.05) is 6.92 Å². The average Bonchev–Trinajstić information content (AvgIpc) is 2.36. The Labute approximate surface area is 105 Å². The summed E-state index contributed by atoms with van der Waals surface area (Å²) in [7, 11) is 0. The van der Waals surface area contributed by atoms with Crippen LogP contribution in [0, 0.1) is 16.0 Å². The summed E-state index contributed by atoms with van der Waals surface area (Å²) in [5.74, 6) is 0.136. The summed E-state index contributed by atoms with van der Waals surface area (Å²) in [5, 5.41) is 13.2. The maximum atomic E-state index is 11.6. The van der Waals surface area contributed by atoms with Crippen molar-refractivity contribution < 1.29 is 9.72 Å². The molecule has 0 heterocycles. The molecule has 0 aliphatic carbocycles. The number of nitro groups is 1. The zero-order valence-corrected chi connectivity index (χ0v) is 10.3. The van der Waals surface area contributed by atoms with Crippen molar-refractivity contribution in [2.24, 2.45) is 11.7 Å². The van der Waals surface area contributed by atoms with Crippen LogP contribution >= 0.6 is 0 Å². The van der Waals surface area contributed by atoms with Gasteiger partial charge in [-0.2, -0.15) is 0 Å². The van der Waals surface area contributed by atoms with E-state index >= 15 is 0 Å². The summed E-state index contributed by atoms with van der Waals surface area (Å²) >= 11 is 0. The lowest BCUT2D eigenvalue weighted by Gasteiger charge is -2.08. The predicted octanol–water partition coefficient (Wildman–Crippen LogP) is 1.91. The number of nitro benzene ring substituents is 1. The van der Waals surface area contributed by atoms with Gasteiger partial charge in [-0.15, -0.1) is 0 Å². The second kappa shape index (κ2) is 6.70. The Kier molecular flexibility index (Phi) is 5.26. The molecule has 98 valence electrons. The lowest BCUT2D eigenvalue weighted by Crippen LogP contribution is -2.16. The van der Waals surface area contributed by atoms with Crippen molar-refractivity contribution in [1.82, 2.24) is 0 Å². The zero-order chi connectivity index (χ0) is 13.5. The van der Waals surface area contributed by atoms with E-state index in [2.05, 4.69) is 5.32 Å². The van der Waals surface area contributed by atoms with E-state index in [1.54, 1.807) is 6.07 Å². The minimum atomic E-state index is -0.494. The molecule has 0 saturated heterocycles. The standard InChI is InChI=1S/C12H17N3O3/c1-9(8-13)5-6-12(16)14-10-3-2-4-11(7-10)15(17)18/h2-4,7,9H,5-6,8,13H2,1H3,(H,14,16). The number of rotatable bonds is 6. The average molecular weight is 251 g/mol. The van der Waals surface area contributed by atoms with Gasteiger partial charge in [0, 0.05) is 24.2 Å². The fraction of sp³-hybridized carbons (Fsp3) is 0.417. The molecule has 1 amide bonds. The first-order chi connectivity index (χ1) is 8.52. The van der Waals surface area contributed by atoms with Gasteiger partial charge in [0.25, 0.3) is 5.69 Å². The van der Waals surface area contributed by atoms with Crippen LogP contribution in [0.25, 0.3) is 0 Å². The van der Waals surface area contributed by atoms with Crippen LogP contribution in [0.4, 0.5) is 11.4 Å². The van der Waals surface area contributed by atoms with Crippen molar-refractivity contribution in [1.29, 1.82) is 0 Å². The summed E-state index contributed by atoms with van der Waals surface area (Å²) in [6.45, 7) is 2.52. The van der Waals surface area contributed by atoms with E-state index in [-0.39, 0.29) is 11.6 Å². The van der Waals surface area contributed by atoms with Crippen LogP contribution in [0.3, 0.4) is 0 Å². The zero-order valence-electron chi connectivity index (χ0n) is 10.3. The Morgan fingerprint density at radius 1 is 1.56 bits per heavy atom. The molecule has 3 N–H and O–H groups in total. The smallest absolute Gasteiger partial charge is 0.271 e. The predicted molar refractivity (Wildman–Crippen MR) is 69.2 cm³/mol. The first kappa shape index (κ1) is 14.1. The molecule has 0 aromatic heterocycles. The molecular formula is C12H17N3O3. The number of nitrogens with zero attached hydrogens (tertiary/aromatic N) is 1. The lowest BCUT2D eigenvalue weighted by molar-refractivity contribution is -0.384. The van der Waals surface area contributed by atoms with Crippen LogP contribution < -0.4 is 11.1 Å². The maximum absolute atomic E-state index is 11.6. The molecule has 0 aliphatic heterocycles. The van der Waals surface area contributed by atoms with Gasteiger partial charge in [-0.3, -0.25) is 14.9 Å². The normalized spacial score (nSPS) is 11.9. The van der Waals surface area contributed by atoms with Crippen LogP contribution in [-0.2, 0) is 4.79 Å². The number of amides is 1. The van der Waals surface area contributed by atoms with Crippen LogP contribution in [0.5, 0.6) is 0 Å². The molecule has 6 heteroatoms. The van der Waals surface area contributed by atoms with Crippen LogP contribution in [0.1, 0.15) is 19.8 Å². The number of benzene rings is 1. The van der Waals surface area contributed by atoms with Gasteiger partial charge in [0.1, 0.15) is 0 Å². The molecular weight excluding hydrogens is 234 g/mol. The lowest BCUT2D eigenvalue weighted by atomic mass is 10.1. The summed E-state index contributed by atoms with van der Waals surface area (Å²) in [6.07, 6.45) is 1.07. The van der Waals surface area contributed by atoms with Gasteiger partial charge in [0.2, 0.25) is 5.91 Å². The third kappa shape index (κ3) is 4.50. The second-order valence-electron chi connectivity index (χ2n) is 4.24. The Hall–Kier alpha value is -1.95. The van der Waals surface area contributed by atoms with Gasteiger partial charge in [0.05, 0.1) is 4.92 Å². The van der Waals surface area contributed by atoms with Crippen LogP contribution in [0.2, 0.25) is 0 Å². The molecule has 1 unspecified atom stereocenters. The first-order valence-electron chi connectivity index (χ1n) is 5.77. The van der Waals surface area contributed by atoms with Gasteiger partial charge in [-0.25, -0.2) is 0 Å². The minimum Gasteiger partial charge on any atom is -0.330 e. The summed E-state index contributed by atoms with van der Waals surface area (Å²) < 4.78 is 0. The quantitative estimate of drug-likeness (QED) is 0.596. The van der Waals surface area contributed by atoms with E-state index in [9.17, 15) is 14.9 Å². The number of hydrogen-bond acceptors (Lipinski definition) is 4. The monoisotopic (exact) mass is 251 g/mol. The van der Waals surface area contributed by atoms with Crippen molar-refractivity contribution in [3.63, 3.8) is 0 Å². The molecule has 0 aliphatic rings. The van der Waals surface area contributed by atoms with Crippen molar-refractivity contribution in [3.05, 3.63) is 34.4 Å². The number of anilines is 1. The Bertz CT molecular complexity index is 434. The molecule has 1 rings (SSSR count). The molecule has 1 atom stereocenters. The van der Waals surface area contributed by atoms with Gasteiger partial charge < -0.3 is 11.1 Å². The molecule has 0 radical (unpaired) electrons. The topological polar surface area (TPSA) is 98.3 Å². The summed E-state index contributed by atoms with van der Waals surface area (Å²) in [5.41, 5.74) is 5.86. The van der Waals surface area contributed by atoms with Crippen molar-refractivity contribution >= 4 is 17.3 Å². The van der Waals surface area contributed by atoms with E-state index in [0.717, 1.165) is 0 Å². The molecule has 0 spiro atoms. The van der Waals surface area contributed by atoms with Gasteiger partial charge in [-0.1, -0.05) is 13.0 Å². The molecule has 6 nitrogen and oxygen atoms in total. The summed E-state index contributed by atoms with van der Waals surface area (Å²) in [4.78, 5) is 21.7. The Balaban J connectivity index is 2.54. The van der Waals surface area contributed by atoms with Crippen LogP contribution in [0.15, 0.2) is 24.3 Å². The minimum absolute atomic E-state index is 0.0388. The van der Waals surface area contributed by atoms with E-state index in [1.165, 1.54) is 18.2 Å². The number of hydrogen-bond donors (Lipinski definition) is 2. The Morgan fingerprint density at radius 3 is 2.89 bits per heavy atom.